The topological polar surface area (TPSA) is 65.2 Å². The van der Waals surface area contributed by atoms with E-state index in [1.807, 2.05) is 6.07 Å². The van der Waals surface area contributed by atoms with Gasteiger partial charge in [0.05, 0.1) is 0 Å². The molecule has 1 aromatic heterocycles. The molecule has 2 N–H and O–H groups in total. The van der Waals surface area contributed by atoms with Crippen molar-refractivity contribution >= 4 is 11.8 Å². The Morgan fingerprint density at radius 1 is 1.43 bits per heavy atom. The second kappa shape index (κ2) is 5.54. The number of aromatic nitrogens is 1. The van der Waals surface area contributed by atoms with Crippen LogP contribution in [0.1, 0.15) is 55.9 Å². The second-order valence-electron chi connectivity index (χ2n) is 6.19. The highest BCUT2D eigenvalue weighted by Gasteiger charge is 2.46. The van der Waals surface area contributed by atoms with Crippen LogP contribution >= 0.6 is 0 Å². The predicted molar refractivity (Wildman–Crippen MR) is 79.9 cm³/mol. The molecule has 1 aromatic rings. The lowest BCUT2D eigenvalue weighted by molar-refractivity contribution is -0.131. The summed E-state index contributed by atoms with van der Waals surface area (Å²) in [5.74, 6) is 0.266. The van der Waals surface area contributed by atoms with Gasteiger partial charge < -0.3 is 15.2 Å². The number of nitrogens with zero attached hydrogens (tertiary/aromatic N) is 1. The summed E-state index contributed by atoms with van der Waals surface area (Å²) in [6, 6.07) is 3.84. The first kappa shape index (κ1) is 14.2. The standard InChI is InChI=1S/C16H23N3O2/c1-2-19-14(20)7-10-16(19)8-5-12(6-9-16)18-15(21)13-4-3-11-17-13/h3-4,11-12,17H,2,5-10H2,1H3,(H,18,21). The van der Waals surface area contributed by atoms with Gasteiger partial charge in [0.15, 0.2) is 0 Å². The molecule has 0 radical (unpaired) electrons. The summed E-state index contributed by atoms with van der Waals surface area (Å²) in [7, 11) is 0. The number of nitrogens with one attached hydrogen (secondary N) is 2. The summed E-state index contributed by atoms with van der Waals surface area (Å²) >= 11 is 0. The number of rotatable bonds is 3. The molecule has 5 nitrogen and oxygen atoms in total. The quantitative estimate of drug-likeness (QED) is 0.894. The molecule has 0 aromatic carbocycles. The zero-order valence-electron chi connectivity index (χ0n) is 12.5. The highest BCUT2D eigenvalue weighted by molar-refractivity contribution is 5.92. The van der Waals surface area contributed by atoms with Gasteiger partial charge in [-0.3, -0.25) is 9.59 Å². The molecule has 2 fully saturated rings. The van der Waals surface area contributed by atoms with E-state index < -0.39 is 0 Å². The van der Waals surface area contributed by atoms with Crippen molar-refractivity contribution in [2.24, 2.45) is 0 Å². The van der Waals surface area contributed by atoms with Gasteiger partial charge in [-0.25, -0.2) is 0 Å². The number of likely N-dealkylation sites (tertiary alicyclic amines) is 1. The number of hydrogen-bond acceptors (Lipinski definition) is 2. The predicted octanol–water partition coefficient (Wildman–Crippen LogP) is 2.07. The Kier molecular flexibility index (Phi) is 3.74. The monoisotopic (exact) mass is 289 g/mol. The van der Waals surface area contributed by atoms with Gasteiger partial charge in [0.2, 0.25) is 5.91 Å². The van der Waals surface area contributed by atoms with Crippen LogP contribution in [0, 0.1) is 0 Å². The van der Waals surface area contributed by atoms with Crippen LogP contribution in [0.5, 0.6) is 0 Å². The van der Waals surface area contributed by atoms with E-state index in [2.05, 4.69) is 22.1 Å². The van der Waals surface area contributed by atoms with Crippen LogP contribution in [-0.2, 0) is 4.79 Å². The Labute approximate surface area is 125 Å². The first-order chi connectivity index (χ1) is 10.1. The van der Waals surface area contributed by atoms with Gasteiger partial charge in [0.25, 0.3) is 5.91 Å². The van der Waals surface area contributed by atoms with E-state index in [1.54, 1.807) is 12.3 Å². The summed E-state index contributed by atoms with van der Waals surface area (Å²) in [5, 5.41) is 3.10. The van der Waals surface area contributed by atoms with Gasteiger partial charge in [-0.15, -0.1) is 0 Å². The fourth-order valence-corrected chi connectivity index (χ4v) is 3.94. The van der Waals surface area contributed by atoms with Crippen LogP contribution in [0.25, 0.3) is 0 Å². The summed E-state index contributed by atoms with van der Waals surface area (Å²) in [6.45, 7) is 2.86. The zero-order chi connectivity index (χ0) is 14.9. The molecule has 1 aliphatic carbocycles. The van der Waals surface area contributed by atoms with Crippen molar-refractivity contribution < 1.29 is 9.59 Å². The van der Waals surface area contributed by atoms with Crippen molar-refractivity contribution in [3.8, 4) is 0 Å². The normalized spacial score (nSPS) is 29.1. The summed E-state index contributed by atoms with van der Waals surface area (Å²) in [5.41, 5.74) is 0.681. The van der Waals surface area contributed by atoms with Crippen molar-refractivity contribution in [3.63, 3.8) is 0 Å². The number of aromatic amines is 1. The number of H-pyrrole nitrogens is 1. The molecular formula is C16H23N3O2. The van der Waals surface area contributed by atoms with Crippen LogP contribution in [0.15, 0.2) is 18.3 Å². The molecule has 5 heteroatoms. The largest absolute Gasteiger partial charge is 0.357 e. The Morgan fingerprint density at radius 2 is 2.19 bits per heavy atom. The van der Waals surface area contributed by atoms with E-state index in [4.69, 9.17) is 0 Å². The Bertz CT molecular complexity index is 516. The number of amides is 2. The third-order valence-electron chi connectivity index (χ3n) is 5.09. The molecule has 2 amide bonds. The van der Waals surface area contributed by atoms with E-state index in [1.165, 1.54) is 0 Å². The van der Waals surface area contributed by atoms with Gasteiger partial charge in [0.1, 0.15) is 5.69 Å². The molecule has 1 aliphatic heterocycles. The molecule has 21 heavy (non-hydrogen) atoms. The lowest BCUT2D eigenvalue weighted by Gasteiger charge is -2.43. The average molecular weight is 289 g/mol. The minimum Gasteiger partial charge on any atom is -0.357 e. The van der Waals surface area contributed by atoms with Crippen LogP contribution in [-0.4, -0.2) is 39.8 Å². The maximum absolute atomic E-state index is 12.1. The smallest absolute Gasteiger partial charge is 0.267 e. The van der Waals surface area contributed by atoms with E-state index in [0.29, 0.717) is 18.0 Å². The molecule has 1 saturated carbocycles. The Hall–Kier alpha value is -1.78. The lowest BCUT2D eigenvalue weighted by atomic mass is 9.77. The van der Waals surface area contributed by atoms with Crippen LogP contribution in [0.4, 0.5) is 0 Å². The van der Waals surface area contributed by atoms with Gasteiger partial charge >= 0.3 is 0 Å². The highest BCUT2D eigenvalue weighted by Crippen LogP contribution is 2.42. The molecule has 0 bridgehead atoms. The molecule has 2 heterocycles. The van der Waals surface area contributed by atoms with Gasteiger partial charge in [-0.05, 0) is 51.2 Å². The Balaban J connectivity index is 1.58. The van der Waals surface area contributed by atoms with Crippen LogP contribution in [0.3, 0.4) is 0 Å². The molecule has 1 saturated heterocycles. The molecular weight excluding hydrogens is 266 g/mol. The second-order valence-corrected chi connectivity index (χ2v) is 6.19. The number of carbonyl (C=O) groups is 2. The zero-order valence-corrected chi connectivity index (χ0v) is 12.5. The van der Waals surface area contributed by atoms with Crippen molar-refractivity contribution in [1.29, 1.82) is 0 Å². The molecule has 114 valence electrons. The third-order valence-corrected chi connectivity index (χ3v) is 5.09. The first-order valence-electron chi connectivity index (χ1n) is 7.89. The van der Waals surface area contributed by atoms with Crippen molar-refractivity contribution in [2.75, 3.05) is 6.54 Å². The van der Waals surface area contributed by atoms with Gasteiger partial charge in [-0.1, -0.05) is 0 Å². The molecule has 0 atom stereocenters. The maximum Gasteiger partial charge on any atom is 0.267 e. The van der Waals surface area contributed by atoms with E-state index >= 15 is 0 Å². The third kappa shape index (κ3) is 2.57. The minimum absolute atomic E-state index is 0.0317. The average Bonchev–Trinajstić information content (AvgIpc) is 3.11. The van der Waals surface area contributed by atoms with E-state index in [0.717, 1.165) is 38.6 Å². The molecule has 3 rings (SSSR count). The van der Waals surface area contributed by atoms with Gasteiger partial charge in [0, 0.05) is 30.7 Å². The fraction of sp³-hybridized carbons (Fsp3) is 0.625. The van der Waals surface area contributed by atoms with Crippen molar-refractivity contribution in [2.45, 2.75) is 57.0 Å². The van der Waals surface area contributed by atoms with E-state index in [-0.39, 0.29) is 17.5 Å². The minimum atomic E-state index is -0.0317. The SMILES string of the molecule is CCN1C(=O)CCC12CCC(NC(=O)c1ccc[nH]1)CC2. The lowest BCUT2D eigenvalue weighted by Crippen LogP contribution is -2.51. The Morgan fingerprint density at radius 3 is 2.81 bits per heavy atom. The molecule has 0 unspecified atom stereocenters. The molecule has 2 aliphatic rings. The summed E-state index contributed by atoms with van der Waals surface area (Å²) in [4.78, 5) is 29.0. The number of carbonyl (C=O) groups excluding carboxylic acids is 2. The molecule has 1 spiro atoms. The summed E-state index contributed by atoms with van der Waals surface area (Å²) in [6.07, 6.45) is 7.34. The fourth-order valence-electron chi connectivity index (χ4n) is 3.94. The van der Waals surface area contributed by atoms with Crippen LogP contribution < -0.4 is 5.32 Å². The summed E-state index contributed by atoms with van der Waals surface area (Å²) < 4.78 is 0. The van der Waals surface area contributed by atoms with Crippen molar-refractivity contribution in [3.05, 3.63) is 24.0 Å². The number of hydrogen-bond donors (Lipinski definition) is 2. The van der Waals surface area contributed by atoms with Gasteiger partial charge in [-0.2, -0.15) is 0 Å². The van der Waals surface area contributed by atoms with Crippen molar-refractivity contribution in [1.82, 2.24) is 15.2 Å². The first-order valence-corrected chi connectivity index (χ1v) is 7.89. The van der Waals surface area contributed by atoms with Crippen LogP contribution in [0.2, 0.25) is 0 Å². The van der Waals surface area contributed by atoms with E-state index in [9.17, 15) is 9.59 Å². The highest BCUT2D eigenvalue weighted by atomic mass is 16.2. The maximum atomic E-state index is 12.1.